The Morgan fingerprint density at radius 3 is 2.22 bits per heavy atom. The van der Waals surface area contributed by atoms with Gasteiger partial charge in [-0.15, -0.1) is 0 Å². The molecule has 2 aliphatic rings. The van der Waals surface area contributed by atoms with E-state index in [1.54, 1.807) is 30.4 Å². The second-order valence-electron chi connectivity index (χ2n) is 12.3. The lowest BCUT2D eigenvalue weighted by molar-refractivity contribution is -0.268. The van der Waals surface area contributed by atoms with Crippen molar-refractivity contribution in [1.29, 1.82) is 0 Å². The highest BCUT2D eigenvalue weighted by molar-refractivity contribution is 6.31. The Morgan fingerprint density at radius 2 is 1.53 bits per heavy atom. The number of aliphatic hydroxyl groups is 4. The third-order valence-electron chi connectivity index (χ3n) is 9.00. The fourth-order valence-electron chi connectivity index (χ4n) is 6.36. The van der Waals surface area contributed by atoms with Crippen LogP contribution in [0.1, 0.15) is 83.9 Å². The highest BCUT2D eigenvalue weighted by Gasteiger charge is 2.44. The molecule has 12 nitrogen and oxygen atoms in total. The minimum atomic E-state index is -1.77. The molecule has 5 atom stereocenters. The highest BCUT2D eigenvalue weighted by atomic mass is 16.7. The molecule has 6 rings (SSSR count). The van der Waals surface area contributed by atoms with E-state index >= 15 is 0 Å². The van der Waals surface area contributed by atoms with Crippen molar-refractivity contribution in [3.63, 3.8) is 0 Å². The van der Waals surface area contributed by atoms with Crippen LogP contribution in [0.4, 0.5) is 0 Å². The van der Waals surface area contributed by atoms with Crippen molar-refractivity contribution in [2.24, 2.45) is 0 Å². The number of rotatable bonds is 9. The van der Waals surface area contributed by atoms with E-state index in [1.807, 2.05) is 30.3 Å². The maximum atomic E-state index is 14.5. The van der Waals surface area contributed by atoms with Gasteiger partial charge < -0.3 is 39.7 Å². The van der Waals surface area contributed by atoms with Gasteiger partial charge in [0.25, 0.3) is 0 Å². The number of phenolic OH excluding ortho intramolecular Hbond substituents is 1. The van der Waals surface area contributed by atoms with Crippen LogP contribution in [0, 0.1) is 0 Å². The van der Waals surface area contributed by atoms with Crippen LogP contribution in [0.25, 0.3) is 12.2 Å². The predicted molar refractivity (Wildman–Crippen MR) is 182 cm³/mol. The quantitative estimate of drug-likeness (QED) is 0.0654. The molecule has 1 heterocycles. The van der Waals surface area contributed by atoms with Gasteiger partial charge in [-0.1, -0.05) is 54.6 Å². The van der Waals surface area contributed by atoms with E-state index < -0.39 is 60.6 Å². The maximum absolute atomic E-state index is 14.5. The van der Waals surface area contributed by atoms with Crippen LogP contribution in [0.2, 0.25) is 0 Å². The molecule has 0 bridgehead atoms. The van der Waals surface area contributed by atoms with E-state index in [1.165, 1.54) is 32.0 Å². The molecule has 0 aromatic heterocycles. The van der Waals surface area contributed by atoms with Crippen LogP contribution in [-0.2, 0) is 22.6 Å². The molecule has 0 spiro atoms. The standard InChI is InChI=1S/C39H34O12/c1-19-33(43)37(47)38(48)39(49-19)51-30-16-27-32(35(45)26(30)15-22-9-6-10-23(17-40)28(22)18-41)34(44)25-13-14-29(50-20(2)42)24(31(25)36(27)46)12-11-21-7-4-3-5-8-21/h3-14,16,18-19,33,37-40,43,45,47-48H,15,17H2,1-2H3. The number of ketones is 2. The van der Waals surface area contributed by atoms with E-state index in [-0.39, 0.29) is 56.9 Å². The summed E-state index contributed by atoms with van der Waals surface area (Å²) in [7, 11) is 0. The molecule has 0 saturated carbocycles. The minimum absolute atomic E-state index is 0.0146. The number of carbonyl (C=O) groups is 4. The van der Waals surface area contributed by atoms with Crippen molar-refractivity contribution in [3.05, 3.63) is 122 Å². The number of ether oxygens (including phenoxy) is 3. The minimum Gasteiger partial charge on any atom is -0.507 e. The lowest BCUT2D eigenvalue weighted by Gasteiger charge is -2.39. The Labute approximate surface area is 291 Å². The third-order valence-corrected chi connectivity index (χ3v) is 9.00. The van der Waals surface area contributed by atoms with E-state index in [9.17, 15) is 44.7 Å². The highest BCUT2D eigenvalue weighted by Crippen LogP contribution is 2.44. The SMILES string of the molecule is CC(=O)Oc1ccc2c(c1C=Cc1ccccc1)C(=O)c1cc(OC3OC(C)C(O)C(O)C3O)c(Cc3cccc(CO)c3C=O)c(O)c1C2=O. The first-order valence-electron chi connectivity index (χ1n) is 16.0. The number of hydrogen-bond acceptors (Lipinski definition) is 12. The molecule has 1 saturated heterocycles. The number of aromatic hydroxyl groups is 1. The van der Waals surface area contributed by atoms with Crippen molar-refractivity contribution in [3.8, 4) is 17.2 Å². The Kier molecular flexibility index (Phi) is 9.97. The molecule has 1 aliphatic heterocycles. The number of phenols is 1. The van der Waals surface area contributed by atoms with Gasteiger partial charge in [-0.05, 0) is 47.9 Å². The van der Waals surface area contributed by atoms with E-state index in [4.69, 9.17) is 14.2 Å². The molecule has 12 heteroatoms. The Morgan fingerprint density at radius 1 is 0.824 bits per heavy atom. The van der Waals surface area contributed by atoms with Gasteiger partial charge in [0.05, 0.1) is 18.3 Å². The van der Waals surface area contributed by atoms with Gasteiger partial charge in [-0.25, -0.2) is 0 Å². The number of hydrogen-bond donors (Lipinski definition) is 5. The maximum Gasteiger partial charge on any atom is 0.308 e. The molecule has 0 amide bonds. The number of aldehydes is 1. The average molecular weight is 695 g/mol. The van der Waals surface area contributed by atoms with E-state index in [0.29, 0.717) is 17.4 Å². The molecule has 51 heavy (non-hydrogen) atoms. The van der Waals surface area contributed by atoms with Crippen molar-refractivity contribution in [1.82, 2.24) is 0 Å². The Hall–Kier alpha value is -5.50. The van der Waals surface area contributed by atoms with Crippen LogP contribution < -0.4 is 9.47 Å². The van der Waals surface area contributed by atoms with E-state index in [0.717, 1.165) is 5.56 Å². The summed E-state index contributed by atoms with van der Waals surface area (Å²) in [5, 5.41) is 53.2. The summed E-state index contributed by atoms with van der Waals surface area (Å²) in [6.45, 7) is 2.19. The molecular formula is C39H34O12. The first kappa shape index (κ1) is 35.3. The summed E-state index contributed by atoms with van der Waals surface area (Å²) < 4.78 is 17.1. The van der Waals surface area contributed by atoms with Gasteiger partial charge in [0, 0.05) is 46.7 Å². The summed E-state index contributed by atoms with van der Waals surface area (Å²) in [5.41, 5.74) is 0.782. The van der Waals surface area contributed by atoms with Gasteiger partial charge in [0.15, 0.2) is 17.9 Å². The number of fused-ring (bicyclic) bond motifs is 2. The van der Waals surface area contributed by atoms with Crippen molar-refractivity contribution < 1.29 is 58.9 Å². The number of esters is 1. The summed E-state index contributed by atoms with van der Waals surface area (Å²) in [4.78, 5) is 52.9. The first-order chi connectivity index (χ1) is 24.4. The van der Waals surface area contributed by atoms with Crippen LogP contribution in [0.3, 0.4) is 0 Å². The first-order valence-corrected chi connectivity index (χ1v) is 16.0. The summed E-state index contributed by atoms with van der Waals surface area (Å²) in [6.07, 6.45) is -3.98. The monoisotopic (exact) mass is 694 g/mol. The van der Waals surface area contributed by atoms with Gasteiger partial charge in [-0.2, -0.15) is 0 Å². The molecule has 5 N–H and O–H groups in total. The predicted octanol–water partition coefficient (Wildman–Crippen LogP) is 3.37. The van der Waals surface area contributed by atoms with Crippen molar-refractivity contribution in [2.45, 2.75) is 57.6 Å². The molecule has 0 radical (unpaired) electrons. The normalized spacial score (nSPS) is 21.3. The number of aliphatic hydroxyl groups excluding tert-OH is 4. The Bertz CT molecular complexity index is 2070. The van der Waals surface area contributed by atoms with Gasteiger partial charge in [-0.3, -0.25) is 19.2 Å². The molecule has 4 aromatic rings. The van der Waals surface area contributed by atoms with Gasteiger partial charge in [0.2, 0.25) is 6.29 Å². The topological polar surface area (TPSA) is 197 Å². The zero-order valence-electron chi connectivity index (χ0n) is 27.5. The Balaban J connectivity index is 1.54. The van der Waals surface area contributed by atoms with Gasteiger partial charge in [0.1, 0.15) is 35.6 Å². The number of benzene rings is 4. The van der Waals surface area contributed by atoms with Crippen LogP contribution in [0.15, 0.2) is 66.7 Å². The summed E-state index contributed by atoms with van der Waals surface area (Å²) in [6, 6.07) is 17.7. The average Bonchev–Trinajstić information content (AvgIpc) is 3.12. The molecule has 4 aromatic carbocycles. The smallest absolute Gasteiger partial charge is 0.308 e. The molecular weight excluding hydrogens is 660 g/mol. The second-order valence-corrected chi connectivity index (χ2v) is 12.3. The fraction of sp³-hybridized carbons (Fsp3) is 0.231. The molecule has 262 valence electrons. The van der Waals surface area contributed by atoms with Gasteiger partial charge >= 0.3 is 5.97 Å². The van der Waals surface area contributed by atoms with Crippen molar-refractivity contribution >= 4 is 36.0 Å². The zero-order valence-corrected chi connectivity index (χ0v) is 27.5. The largest absolute Gasteiger partial charge is 0.507 e. The van der Waals surface area contributed by atoms with E-state index in [2.05, 4.69) is 0 Å². The fourth-order valence-corrected chi connectivity index (χ4v) is 6.36. The molecule has 5 unspecified atom stereocenters. The molecule has 1 fully saturated rings. The molecule has 1 aliphatic carbocycles. The lowest BCUT2D eigenvalue weighted by atomic mass is 9.79. The third kappa shape index (κ3) is 6.58. The van der Waals surface area contributed by atoms with Crippen LogP contribution >= 0.6 is 0 Å². The zero-order chi connectivity index (χ0) is 36.6. The van der Waals surface area contributed by atoms with Crippen LogP contribution in [0.5, 0.6) is 17.2 Å². The second kappa shape index (κ2) is 14.4. The lowest BCUT2D eigenvalue weighted by Crippen LogP contribution is -2.58. The summed E-state index contributed by atoms with van der Waals surface area (Å²) >= 11 is 0. The summed E-state index contributed by atoms with van der Waals surface area (Å²) in [5.74, 6) is -2.99. The number of carbonyl (C=O) groups excluding carboxylic acids is 4. The van der Waals surface area contributed by atoms with Crippen LogP contribution in [-0.4, -0.2) is 80.1 Å². The van der Waals surface area contributed by atoms with Crippen molar-refractivity contribution in [2.75, 3.05) is 0 Å².